The maximum absolute atomic E-state index is 12.3. The Morgan fingerprint density at radius 3 is 2.67 bits per heavy atom. The van der Waals surface area contributed by atoms with Crippen molar-refractivity contribution < 1.29 is 4.79 Å². The van der Waals surface area contributed by atoms with Crippen LogP contribution in [0, 0.1) is 0 Å². The lowest BCUT2D eigenvalue weighted by Crippen LogP contribution is -2.44. The monoisotopic (exact) mass is 533 g/mol. The molecule has 1 amide bonds. The molecule has 8 nitrogen and oxygen atoms in total. The summed E-state index contributed by atoms with van der Waals surface area (Å²) in [4.78, 5) is 22.9. The van der Waals surface area contributed by atoms with Crippen LogP contribution >= 0.6 is 24.0 Å². The van der Waals surface area contributed by atoms with Crippen LogP contribution in [-0.2, 0) is 18.4 Å². The van der Waals surface area contributed by atoms with E-state index in [4.69, 9.17) is 0 Å². The third kappa shape index (κ3) is 7.11. The summed E-state index contributed by atoms with van der Waals surface area (Å²) in [5.74, 6) is 1.50. The van der Waals surface area contributed by atoms with Crippen LogP contribution in [0.25, 0.3) is 0 Å². The van der Waals surface area contributed by atoms with E-state index in [1.807, 2.05) is 32.9 Å². The lowest BCUT2D eigenvalue weighted by Gasteiger charge is -2.26. The Bertz CT molecular complexity index is 702. The summed E-state index contributed by atoms with van der Waals surface area (Å²) >= 11 is 0. The Labute approximate surface area is 199 Å². The molecule has 1 unspecified atom stereocenters. The number of guanidine groups is 1. The highest BCUT2D eigenvalue weighted by Crippen LogP contribution is 2.19. The number of nitrogens with zero attached hydrogens (tertiary/aromatic N) is 6. The van der Waals surface area contributed by atoms with E-state index >= 15 is 0 Å². The van der Waals surface area contributed by atoms with E-state index in [-0.39, 0.29) is 35.9 Å². The highest BCUT2D eigenvalue weighted by Gasteiger charge is 2.31. The number of aromatic nitrogens is 2. The second-order valence-electron chi connectivity index (χ2n) is 8.48. The number of carbonyl (C=O) groups is 1. The van der Waals surface area contributed by atoms with Crippen molar-refractivity contribution in [3.63, 3.8) is 0 Å². The van der Waals surface area contributed by atoms with Crippen molar-refractivity contribution in [1.82, 2.24) is 29.8 Å². The standard InChI is InChI=1S/C21H39N7O.HI/c1-16(2)19-17(15-27(7)24-19)14-26(6)21(22-3)23-11-9-13-28-12-8-10-18(28)20(29)25(4)5;/h15-16,18H,8-14H2,1-7H3,(H,22,23);1H. The molecule has 1 aliphatic rings. The van der Waals surface area contributed by atoms with Crippen molar-refractivity contribution in [3.05, 3.63) is 17.5 Å². The van der Waals surface area contributed by atoms with Gasteiger partial charge in [-0.3, -0.25) is 19.4 Å². The fourth-order valence-electron chi connectivity index (χ4n) is 4.03. The van der Waals surface area contributed by atoms with Gasteiger partial charge < -0.3 is 15.1 Å². The molecule has 2 rings (SSSR count). The van der Waals surface area contributed by atoms with Gasteiger partial charge in [0.25, 0.3) is 0 Å². The number of likely N-dealkylation sites (N-methyl/N-ethyl adjacent to an activating group) is 1. The normalized spacial score (nSPS) is 17.2. The quantitative estimate of drug-likeness (QED) is 0.240. The summed E-state index contributed by atoms with van der Waals surface area (Å²) < 4.78 is 1.89. The van der Waals surface area contributed by atoms with Crippen LogP contribution in [0.5, 0.6) is 0 Å². The van der Waals surface area contributed by atoms with E-state index in [2.05, 4.69) is 52.3 Å². The molecule has 1 aromatic heterocycles. The van der Waals surface area contributed by atoms with Gasteiger partial charge in [0.15, 0.2) is 5.96 Å². The van der Waals surface area contributed by atoms with Crippen molar-refractivity contribution in [1.29, 1.82) is 0 Å². The van der Waals surface area contributed by atoms with Crippen molar-refractivity contribution in [2.45, 2.75) is 51.6 Å². The number of aryl methyl sites for hydroxylation is 1. The van der Waals surface area contributed by atoms with Crippen LogP contribution in [0.1, 0.15) is 50.3 Å². The first-order chi connectivity index (χ1) is 13.7. The number of rotatable bonds is 8. The van der Waals surface area contributed by atoms with Gasteiger partial charge in [0.1, 0.15) is 0 Å². The summed E-state index contributed by atoms with van der Waals surface area (Å²) in [5.41, 5.74) is 2.37. The Morgan fingerprint density at radius 2 is 2.07 bits per heavy atom. The summed E-state index contributed by atoms with van der Waals surface area (Å²) in [6.45, 7) is 7.89. The smallest absolute Gasteiger partial charge is 0.239 e. The second-order valence-corrected chi connectivity index (χ2v) is 8.48. The Kier molecular flexibility index (Phi) is 11.1. The van der Waals surface area contributed by atoms with Gasteiger partial charge in [-0.25, -0.2) is 0 Å². The molecule has 0 radical (unpaired) electrons. The van der Waals surface area contributed by atoms with Crippen LogP contribution in [0.15, 0.2) is 11.2 Å². The molecule has 1 fully saturated rings. The molecule has 172 valence electrons. The van der Waals surface area contributed by atoms with E-state index in [0.29, 0.717) is 5.92 Å². The molecule has 9 heteroatoms. The Morgan fingerprint density at radius 1 is 1.37 bits per heavy atom. The fourth-order valence-corrected chi connectivity index (χ4v) is 4.03. The molecule has 0 aliphatic carbocycles. The summed E-state index contributed by atoms with van der Waals surface area (Å²) in [7, 11) is 9.52. The molecule has 1 saturated heterocycles. The minimum atomic E-state index is 0. The number of hydrogen-bond donors (Lipinski definition) is 1. The van der Waals surface area contributed by atoms with Gasteiger partial charge in [0.2, 0.25) is 5.91 Å². The third-order valence-electron chi connectivity index (χ3n) is 5.46. The van der Waals surface area contributed by atoms with Crippen LogP contribution in [0.2, 0.25) is 0 Å². The van der Waals surface area contributed by atoms with Crippen LogP contribution in [0.4, 0.5) is 0 Å². The van der Waals surface area contributed by atoms with Crippen molar-refractivity contribution in [2.75, 3.05) is 47.8 Å². The van der Waals surface area contributed by atoms with Gasteiger partial charge in [-0.1, -0.05) is 13.8 Å². The Hall–Kier alpha value is -1.36. The van der Waals surface area contributed by atoms with Gasteiger partial charge in [-0.15, -0.1) is 24.0 Å². The molecule has 0 aromatic carbocycles. The first-order valence-electron chi connectivity index (χ1n) is 10.6. The number of likely N-dealkylation sites (tertiary alicyclic amines) is 1. The highest BCUT2D eigenvalue weighted by atomic mass is 127. The van der Waals surface area contributed by atoms with Gasteiger partial charge in [0.05, 0.1) is 11.7 Å². The largest absolute Gasteiger partial charge is 0.356 e. The summed E-state index contributed by atoms with van der Waals surface area (Å²) in [6, 6.07) is 0.0482. The number of nitrogens with one attached hydrogen (secondary N) is 1. The second kappa shape index (κ2) is 12.5. The lowest BCUT2D eigenvalue weighted by atomic mass is 10.1. The van der Waals surface area contributed by atoms with Crippen LogP contribution in [0.3, 0.4) is 0 Å². The highest BCUT2D eigenvalue weighted by molar-refractivity contribution is 14.0. The predicted octanol–water partition coefficient (Wildman–Crippen LogP) is 2.11. The van der Waals surface area contributed by atoms with Gasteiger partial charge in [-0.05, 0) is 31.7 Å². The number of carbonyl (C=O) groups excluding carboxylic acids is 1. The van der Waals surface area contributed by atoms with E-state index in [0.717, 1.165) is 57.1 Å². The van der Waals surface area contributed by atoms with E-state index in [1.165, 1.54) is 5.56 Å². The number of aliphatic imine (C=N–C) groups is 1. The minimum absolute atomic E-state index is 0. The molecule has 1 aliphatic heterocycles. The van der Waals surface area contributed by atoms with Gasteiger partial charge in [-0.2, -0.15) is 5.10 Å². The van der Waals surface area contributed by atoms with Crippen molar-refractivity contribution in [3.8, 4) is 0 Å². The molecule has 1 atom stereocenters. The van der Waals surface area contributed by atoms with Crippen molar-refractivity contribution in [2.24, 2.45) is 12.0 Å². The number of halogens is 1. The molecule has 2 heterocycles. The maximum Gasteiger partial charge on any atom is 0.239 e. The predicted molar refractivity (Wildman–Crippen MR) is 133 cm³/mol. The van der Waals surface area contributed by atoms with Gasteiger partial charge >= 0.3 is 0 Å². The van der Waals surface area contributed by atoms with Crippen LogP contribution < -0.4 is 5.32 Å². The summed E-state index contributed by atoms with van der Waals surface area (Å²) in [6.07, 6.45) is 5.14. The average molecular weight is 534 g/mol. The van der Waals surface area contributed by atoms with Crippen LogP contribution in [-0.4, -0.2) is 90.2 Å². The van der Waals surface area contributed by atoms with E-state index in [9.17, 15) is 4.79 Å². The van der Waals surface area contributed by atoms with Crippen molar-refractivity contribution >= 4 is 35.8 Å². The first kappa shape index (κ1) is 26.7. The molecule has 0 saturated carbocycles. The average Bonchev–Trinajstić information content (AvgIpc) is 3.27. The minimum Gasteiger partial charge on any atom is -0.356 e. The van der Waals surface area contributed by atoms with E-state index in [1.54, 1.807) is 4.90 Å². The SMILES string of the molecule is CN=C(NCCCN1CCCC1C(=O)N(C)C)N(C)Cc1cn(C)nc1C(C)C.I. The number of amides is 1. The lowest BCUT2D eigenvalue weighted by molar-refractivity contribution is -0.133. The zero-order chi connectivity index (χ0) is 21.6. The molecule has 0 bridgehead atoms. The molecule has 1 N–H and O–H groups in total. The topological polar surface area (TPSA) is 69.0 Å². The zero-order valence-corrected chi connectivity index (χ0v) is 22.0. The molecular weight excluding hydrogens is 493 g/mol. The molecule has 1 aromatic rings. The van der Waals surface area contributed by atoms with E-state index < -0.39 is 0 Å². The molecule has 0 spiro atoms. The Balaban J connectivity index is 0.00000450. The fraction of sp³-hybridized carbons (Fsp3) is 0.762. The molecule has 30 heavy (non-hydrogen) atoms. The summed E-state index contributed by atoms with van der Waals surface area (Å²) in [5, 5.41) is 8.06. The number of hydrogen-bond acceptors (Lipinski definition) is 4. The molecular formula is C21H40IN7O. The third-order valence-corrected chi connectivity index (χ3v) is 5.46. The zero-order valence-electron chi connectivity index (χ0n) is 19.7. The maximum atomic E-state index is 12.3. The first-order valence-corrected chi connectivity index (χ1v) is 10.6. The van der Waals surface area contributed by atoms with Gasteiger partial charge in [0, 0.05) is 66.6 Å².